The summed E-state index contributed by atoms with van der Waals surface area (Å²) < 4.78 is 1.02. The van der Waals surface area contributed by atoms with Crippen molar-refractivity contribution >= 4 is 40.1 Å². The molecule has 2 aliphatic rings. The molecule has 6 heteroatoms. The Morgan fingerprint density at radius 1 is 1.21 bits per heavy atom. The van der Waals surface area contributed by atoms with E-state index in [1.807, 2.05) is 29.2 Å². The predicted octanol–water partition coefficient (Wildman–Crippen LogP) is 2.55. The van der Waals surface area contributed by atoms with Crippen molar-refractivity contribution in [3.05, 3.63) is 28.7 Å². The van der Waals surface area contributed by atoms with Gasteiger partial charge >= 0.3 is 6.03 Å². The van der Waals surface area contributed by atoms with Crippen molar-refractivity contribution in [3.8, 4) is 0 Å². The maximum absolute atomic E-state index is 12.1. The van der Waals surface area contributed by atoms with Gasteiger partial charge in [0, 0.05) is 36.3 Å². The molecule has 2 aliphatic heterocycles. The second-order valence-electron chi connectivity index (χ2n) is 5.02. The van der Waals surface area contributed by atoms with Gasteiger partial charge in [-0.2, -0.15) is 0 Å². The van der Waals surface area contributed by atoms with Crippen molar-refractivity contribution in [2.24, 2.45) is 11.8 Å². The summed E-state index contributed by atoms with van der Waals surface area (Å²) in [7, 11) is 0. The Morgan fingerprint density at radius 2 is 1.79 bits per heavy atom. The lowest BCUT2D eigenvalue weighted by atomic mass is 10.0. The Hall–Kier alpha value is -0.780. The van der Waals surface area contributed by atoms with Crippen LogP contribution in [0, 0.1) is 11.8 Å². The zero-order chi connectivity index (χ0) is 12.5. The SMILES string of the molecule is Cl.O=C(Nc1ccc(Br)cc1)N1CC2CNCC2C1. The molecule has 2 amide bonds. The van der Waals surface area contributed by atoms with E-state index in [4.69, 9.17) is 0 Å². The summed E-state index contributed by atoms with van der Waals surface area (Å²) in [5, 5.41) is 6.32. The number of likely N-dealkylation sites (tertiary alicyclic amines) is 1. The maximum atomic E-state index is 12.1. The smallest absolute Gasteiger partial charge is 0.321 e. The van der Waals surface area contributed by atoms with Crippen LogP contribution in [-0.4, -0.2) is 37.1 Å². The molecule has 3 rings (SSSR count). The minimum absolute atomic E-state index is 0. The molecule has 1 aromatic carbocycles. The van der Waals surface area contributed by atoms with Crippen LogP contribution in [0.4, 0.5) is 10.5 Å². The number of carbonyl (C=O) groups excluding carboxylic acids is 1. The fourth-order valence-corrected chi connectivity index (χ4v) is 3.02. The fraction of sp³-hybridized carbons (Fsp3) is 0.462. The number of nitrogens with one attached hydrogen (secondary N) is 2. The zero-order valence-electron chi connectivity index (χ0n) is 10.4. The van der Waals surface area contributed by atoms with Crippen molar-refractivity contribution in [3.63, 3.8) is 0 Å². The fourth-order valence-electron chi connectivity index (χ4n) is 2.76. The molecule has 2 atom stereocenters. The molecule has 0 aromatic heterocycles. The van der Waals surface area contributed by atoms with Crippen molar-refractivity contribution in [1.82, 2.24) is 10.2 Å². The topological polar surface area (TPSA) is 44.4 Å². The maximum Gasteiger partial charge on any atom is 0.321 e. The van der Waals surface area contributed by atoms with Gasteiger partial charge < -0.3 is 15.5 Å². The van der Waals surface area contributed by atoms with Crippen LogP contribution in [0.1, 0.15) is 0 Å². The molecule has 0 radical (unpaired) electrons. The zero-order valence-corrected chi connectivity index (χ0v) is 12.8. The van der Waals surface area contributed by atoms with Crippen LogP contribution in [0.3, 0.4) is 0 Å². The molecule has 4 nitrogen and oxygen atoms in total. The number of hydrogen-bond acceptors (Lipinski definition) is 2. The molecule has 19 heavy (non-hydrogen) atoms. The Balaban J connectivity index is 0.00000133. The average Bonchev–Trinajstić information content (AvgIpc) is 2.92. The van der Waals surface area contributed by atoms with Gasteiger partial charge in [-0.15, -0.1) is 12.4 Å². The molecule has 2 fully saturated rings. The number of anilines is 1. The molecule has 0 spiro atoms. The van der Waals surface area contributed by atoms with Crippen LogP contribution in [0.15, 0.2) is 28.7 Å². The molecule has 2 N–H and O–H groups in total. The summed E-state index contributed by atoms with van der Waals surface area (Å²) in [4.78, 5) is 14.0. The minimum Gasteiger partial charge on any atom is -0.324 e. The van der Waals surface area contributed by atoms with Gasteiger partial charge in [0.05, 0.1) is 0 Å². The van der Waals surface area contributed by atoms with Crippen LogP contribution in [-0.2, 0) is 0 Å². The van der Waals surface area contributed by atoms with Gasteiger partial charge in [0.1, 0.15) is 0 Å². The van der Waals surface area contributed by atoms with Crippen molar-refractivity contribution in [2.75, 3.05) is 31.5 Å². The molecular weight excluding hydrogens is 330 g/mol. The highest BCUT2D eigenvalue weighted by Gasteiger charge is 2.37. The van der Waals surface area contributed by atoms with E-state index in [-0.39, 0.29) is 18.4 Å². The van der Waals surface area contributed by atoms with Gasteiger partial charge in [0.15, 0.2) is 0 Å². The second-order valence-corrected chi connectivity index (χ2v) is 5.94. The lowest BCUT2D eigenvalue weighted by Crippen LogP contribution is -2.35. The standard InChI is InChI=1S/C13H16BrN3O.ClH/c14-11-1-3-12(4-2-11)16-13(18)17-7-9-5-15-6-10(9)8-17;/h1-4,9-10,15H,5-8H2,(H,16,18);1H. The molecule has 2 unspecified atom stereocenters. The Kier molecular flexibility index (Phi) is 4.71. The van der Waals surface area contributed by atoms with Crippen LogP contribution < -0.4 is 10.6 Å². The summed E-state index contributed by atoms with van der Waals surface area (Å²) in [5.41, 5.74) is 0.846. The molecule has 0 aliphatic carbocycles. The summed E-state index contributed by atoms with van der Waals surface area (Å²) in [6, 6.07) is 7.68. The third-order valence-corrected chi connectivity index (χ3v) is 4.30. The van der Waals surface area contributed by atoms with Crippen LogP contribution in [0.5, 0.6) is 0 Å². The van der Waals surface area contributed by atoms with Gasteiger partial charge in [-0.3, -0.25) is 0 Å². The van der Waals surface area contributed by atoms with Gasteiger partial charge in [-0.1, -0.05) is 15.9 Å². The summed E-state index contributed by atoms with van der Waals surface area (Å²) in [6.45, 7) is 3.85. The number of halogens is 2. The summed E-state index contributed by atoms with van der Waals surface area (Å²) in [6.07, 6.45) is 0. The van der Waals surface area contributed by atoms with E-state index in [9.17, 15) is 4.79 Å². The van der Waals surface area contributed by atoms with E-state index in [2.05, 4.69) is 26.6 Å². The second kappa shape index (κ2) is 6.11. The minimum atomic E-state index is 0. The van der Waals surface area contributed by atoms with E-state index in [1.54, 1.807) is 0 Å². The number of fused-ring (bicyclic) bond motifs is 1. The highest BCUT2D eigenvalue weighted by atomic mass is 79.9. The van der Waals surface area contributed by atoms with E-state index < -0.39 is 0 Å². The number of amides is 2. The largest absolute Gasteiger partial charge is 0.324 e. The van der Waals surface area contributed by atoms with Crippen molar-refractivity contribution < 1.29 is 4.79 Å². The first kappa shape index (κ1) is 14.6. The van der Waals surface area contributed by atoms with Gasteiger partial charge in [0.2, 0.25) is 0 Å². The van der Waals surface area contributed by atoms with E-state index >= 15 is 0 Å². The third-order valence-electron chi connectivity index (χ3n) is 3.77. The number of hydrogen-bond donors (Lipinski definition) is 2. The van der Waals surface area contributed by atoms with Crippen LogP contribution in [0.2, 0.25) is 0 Å². The molecule has 2 heterocycles. The Morgan fingerprint density at radius 3 is 2.37 bits per heavy atom. The normalized spacial score (nSPS) is 24.8. The van der Waals surface area contributed by atoms with Crippen molar-refractivity contribution in [2.45, 2.75) is 0 Å². The summed E-state index contributed by atoms with van der Waals surface area (Å²) >= 11 is 3.38. The Labute approximate surface area is 127 Å². The molecule has 2 saturated heterocycles. The Bertz CT molecular complexity index is 442. The highest BCUT2D eigenvalue weighted by Crippen LogP contribution is 2.26. The molecule has 104 valence electrons. The first-order chi connectivity index (χ1) is 8.72. The van der Waals surface area contributed by atoms with E-state index in [0.29, 0.717) is 11.8 Å². The van der Waals surface area contributed by atoms with Crippen molar-refractivity contribution in [1.29, 1.82) is 0 Å². The van der Waals surface area contributed by atoms with E-state index in [1.165, 1.54) is 0 Å². The highest BCUT2D eigenvalue weighted by molar-refractivity contribution is 9.10. The number of nitrogens with zero attached hydrogens (tertiary/aromatic N) is 1. The molecule has 0 bridgehead atoms. The molecule has 0 saturated carbocycles. The first-order valence-electron chi connectivity index (χ1n) is 6.24. The third kappa shape index (κ3) is 3.22. The number of benzene rings is 1. The molecular formula is C13H17BrClN3O. The van der Waals surface area contributed by atoms with Crippen LogP contribution in [0.25, 0.3) is 0 Å². The number of rotatable bonds is 1. The molecule has 1 aromatic rings. The number of urea groups is 1. The lowest BCUT2D eigenvalue weighted by Gasteiger charge is -2.18. The van der Waals surface area contributed by atoms with Gasteiger partial charge in [-0.25, -0.2) is 4.79 Å². The summed E-state index contributed by atoms with van der Waals surface area (Å²) in [5.74, 6) is 1.28. The van der Waals surface area contributed by atoms with Gasteiger partial charge in [0.25, 0.3) is 0 Å². The monoisotopic (exact) mass is 345 g/mol. The number of carbonyl (C=O) groups is 1. The lowest BCUT2D eigenvalue weighted by molar-refractivity contribution is 0.219. The van der Waals surface area contributed by atoms with Crippen LogP contribution >= 0.6 is 28.3 Å². The average molecular weight is 347 g/mol. The first-order valence-corrected chi connectivity index (χ1v) is 7.04. The van der Waals surface area contributed by atoms with Gasteiger partial charge in [-0.05, 0) is 36.1 Å². The predicted molar refractivity (Wildman–Crippen MR) is 81.8 cm³/mol. The van der Waals surface area contributed by atoms with E-state index in [0.717, 1.165) is 36.3 Å². The quantitative estimate of drug-likeness (QED) is 0.821.